The predicted octanol–water partition coefficient (Wildman–Crippen LogP) is 21.2. The second-order valence-corrected chi connectivity index (χ2v) is 22.6. The largest absolute Gasteiger partial charge is 0.465 e. The van der Waals surface area contributed by atoms with Crippen molar-refractivity contribution in [2.75, 3.05) is 26.4 Å². The van der Waals surface area contributed by atoms with E-state index in [1.54, 1.807) is 20.8 Å². The fraction of sp³-hybridized carbons (Fsp3) is 0.754. The Kier molecular flexibility index (Phi) is 80.5. The van der Waals surface area contributed by atoms with Crippen LogP contribution in [-0.4, -0.2) is 67.8 Å². The van der Waals surface area contributed by atoms with Gasteiger partial charge in [-0.05, 0) is 146 Å². The van der Waals surface area contributed by atoms with Crippen LogP contribution in [-0.2, 0) is 23.9 Å². The van der Waals surface area contributed by atoms with Crippen LogP contribution in [0.5, 0.6) is 0 Å². The lowest BCUT2D eigenvalue weighted by Gasteiger charge is -2.37. The minimum atomic E-state index is -0.299. The normalized spacial score (nSPS) is 14.8. The molecule has 0 saturated carbocycles. The van der Waals surface area contributed by atoms with Crippen LogP contribution in [0.3, 0.4) is 0 Å². The summed E-state index contributed by atoms with van der Waals surface area (Å²) >= 11 is 12.3. The Balaban J connectivity index is -0.0000000706. The highest BCUT2D eigenvalue weighted by Crippen LogP contribution is 2.44. The van der Waals surface area contributed by atoms with Crippen LogP contribution < -0.4 is 0 Å². The van der Waals surface area contributed by atoms with Crippen molar-refractivity contribution in [3.63, 3.8) is 0 Å². The molecule has 0 spiro atoms. The third-order valence-electron chi connectivity index (χ3n) is 12.0. The van der Waals surface area contributed by atoms with Gasteiger partial charge in [0.15, 0.2) is 0 Å². The molecule has 11 atom stereocenters. The van der Waals surface area contributed by atoms with Gasteiger partial charge in [0.2, 0.25) is 4.69 Å². The Bertz CT molecular complexity index is 1450. The number of hydrogen-bond acceptors (Lipinski definition) is 7. The van der Waals surface area contributed by atoms with Gasteiger partial charge in [-0.15, -0.1) is 0 Å². The van der Waals surface area contributed by atoms with Crippen LogP contribution in [0.4, 0.5) is 0 Å². The quantitative estimate of drug-likeness (QED) is 0.0579. The summed E-state index contributed by atoms with van der Waals surface area (Å²) in [6.07, 6.45) is 7.95. The second kappa shape index (κ2) is 56.1. The van der Waals surface area contributed by atoms with Gasteiger partial charge in [0.25, 0.3) is 0 Å². The van der Waals surface area contributed by atoms with Crippen molar-refractivity contribution in [2.24, 2.45) is 34.5 Å². The van der Waals surface area contributed by atoms with Gasteiger partial charge in [-0.25, -0.2) is 0 Å². The Hall–Kier alpha value is -1.11. The second-order valence-electron chi connectivity index (χ2n) is 17.7. The van der Waals surface area contributed by atoms with Crippen molar-refractivity contribution in [1.82, 2.24) is 0 Å². The lowest BCUT2D eigenvalue weighted by molar-refractivity contribution is -0.144. The molecule has 0 amide bonds. The lowest BCUT2D eigenvalue weighted by atomic mass is 9.69. The van der Waals surface area contributed by atoms with Crippen LogP contribution in [0.1, 0.15) is 240 Å². The Labute approximate surface area is 486 Å². The van der Waals surface area contributed by atoms with Crippen LogP contribution in [0.25, 0.3) is 0 Å². The van der Waals surface area contributed by atoms with E-state index < -0.39 is 0 Å². The van der Waals surface area contributed by atoms with E-state index in [-0.39, 0.29) is 150 Å². The monoisotopic (exact) mass is 1290 g/mol. The molecular weight excluding hydrogens is 1160 g/mol. The molecule has 2 aromatic carbocycles. The molecule has 2 aromatic rings. The average molecular weight is 1290 g/mol. The van der Waals surface area contributed by atoms with E-state index in [1.165, 1.54) is 11.1 Å². The van der Waals surface area contributed by atoms with E-state index in [2.05, 4.69) is 180 Å². The molecule has 0 radical (unpaired) electrons. The molecule has 7 nitrogen and oxygen atoms in total. The van der Waals surface area contributed by atoms with Gasteiger partial charge < -0.3 is 19.7 Å². The molecule has 0 bridgehead atoms. The summed E-state index contributed by atoms with van der Waals surface area (Å²) in [6.45, 7) is 24.4. The maximum Gasteiger partial charge on any atom is 0.319 e. The first kappa shape index (κ1) is 103. The molecule has 0 aliphatic rings. The van der Waals surface area contributed by atoms with Crippen molar-refractivity contribution in [2.45, 2.75) is 243 Å². The molecule has 0 heterocycles. The molecule has 2 N–H and O–H groups in total. The fourth-order valence-corrected chi connectivity index (χ4v) is 7.89. The molecule has 11 heteroatoms. The number of aliphatic hydroxyl groups excluding tert-OH is 2. The summed E-state index contributed by atoms with van der Waals surface area (Å²) in [4.78, 5) is 33.1. The van der Waals surface area contributed by atoms with Gasteiger partial charge in [-0.3, -0.25) is 14.4 Å². The molecule has 0 aliphatic heterocycles. The minimum absolute atomic E-state index is 0. The van der Waals surface area contributed by atoms with Crippen LogP contribution >= 0.6 is 63.7 Å². The Morgan fingerprint density at radius 1 is 0.500 bits per heavy atom. The van der Waals surface area contributed by atoms with Crippen molar-refractivity contribution in [1.29, 1.82) is 0 Å². The van der Waals surface area contributed by atoms with Crippen molar-refractivity contribution in [3.05, 3.63) is 71.8 Å². The molecule has 0 aromatic heterocycles. The van der Waals surface area contributed by atoms with E-state index in [1.807, 2.05) is 0 Å². The van der Waals surface area contributed by atoms with Crippen molar-refractivity contribution < 1.29 is 34.1 Å². The van der Waals surface area contributed by atoms with E-state index in [0.717, 1.165) is 51.4 Å². The first-order valence-corrected chi connectivity index (χ1v) is 25.4. The summed E-state index contributed by atoms with van der Waals surface area (Å²) in [7, 11) is 0. The number of carbonyl (C=O) groups is 3. The summed E-state index contributed by atoms with van der Waals surface area (Å²) in [6, 6.07) is 21.4. The number of rotatable bonds is 25. The number of benzene rings is 2. The Morgan fingerprint density at radius 2 is 0.819 bits per heavy atom. The highest BCUT2D eigenvalue weighted by Gasteiger charge is 2.33. The van der Waals surface area contributed by atoms with E-state index in [4.69, 9.17) is 9.47 Å². The van der Waals surface area contributed by atoms with Crippen LogP contribution in [0.2, 0.25) is 0 Å². The van der Waals surface area contributed by atoms with Gasteiger partial charge in [-0.1, -0.05) is 253 Å². The topological polar surface area (TPSA) is 110 Å². The molecule has 2 rings (SSSR count). The van der Waals surface area contributed by atoms with Crippen molar-refractivity contribution >= 4 is 80.4 Å². The zero-order chi connectivity index (χ0) is 46.1. The smallest absolute Gasteiger partial charge is 0.319 e. The van der Waals surface area contributed by atoms with Crippen molar-refractivity contribution in [3.8, 4) is 0 Å². The summed E-state index contributed by atoms with van der Waals surface area (Å²) in [5.41, 5.74) is 2.87. The van der Waals surface area contributed by atoms with Gasteiger partial charge in [-0.2, -0.15) is 0 Å². The zero-order valence-electron chi connectivity index (χ0n) is 38.4. The SMILES string of the molecule is C.C.C.C.C.C.C.C.C.C.C.C.CC(Br)C(=O)Br.CCC(CC(C)(CCO)CC(C)C(C)CO)c1ccccc1.CCC(CC(C)(CCOC(=O)C(C)Br)CC(C)C(C)COC(=O)C(C)Br)c1ccccc1. The van der Waals surface area contributed by atoms with E-state index >= 15 is 0 Å². The van der Waals surface area contributed by atoms with Gasteiger partial charge in [0, 0.05) is 13.2 Å². The molecule has 440 valence electrons. The number of halogens is 4. The van der Waals surface area contributed by atoms with E-state index in [0.29, 0.717) is 42.8 Å². The fourth-order valence-electron chi connectivity index (χ4n) is 7.62. The molecule has 0 saturated heterocycles. The number of aliphatic hydroxyl groups is 2. The van der Waals surface area contributed by atoms with E-state index in [9.17, 15) is 24.6 Å². The molecular formula is C61H126Br4O7. The third kappa shape index (κ3) is 44.1. The molecule has 11 unspecified atom stereocenters. The summed E-state index contributed by atoms with van der Waals surface area (Å²) in [5, 5.41) is 18.9. The highest BCUT2D eigenvalue weighted by atomic mass is 79.9. The summed E-state index contributed by atoms with van der Waals surface area (Å²) in [5.74, 6) is 1.92. The summed E-state index contributed by atoms with van der Waals surface area (Å²) < 4.78 is 10.9. The maximum atomic E-state index is 11.9. The average Bonchev–Trinajstić information content (AvgIpc) is 3.21. The van der Waals surface area contributed by atoms with Gasteiger partial charge in [0.1, 0.15) is 9.65 Å². The Morgan fingerprint density at radius 3 is 1.11 bits per heavy atom. The number of alkyl halides is 3. The maximum absolute atomic E-state index is 11.9. The highest BCUT2D eigenvalue weighted by molar-refractivity contribution is 9.20. The number of ether oxygens (including phenoxy) is 2. The van der Waals surface area contributed by atoms with Gasteiger partial charge >= 0.3 is 11.9 Å². The molecule has 72 heavy (non-hydrogen) atoms. The first-order chi connectivity index (χ1) is 28.1. The van der Waals surface area contributed by atoms with Crippen LogP contribution in [0.15, 0.2) is 60.7 Å². The number of carbonyl (C=O) groups excluding carboxylic acids is 3. The number of hydrogen-bond donors (Lipinski definition) is 2. The first-order valence-electron chi connectivity index (χ1n) is 21.8. The predicted molar refractivity (Wildman–Crippen MR) is 345 cm³/mol. The molecule has 0 aliphatic carbocycles. The lowest BCUT2D eigenvalue weighted by Crippen LogP contribution is -2.29. The third-order valence-corrected chi connectivity index (χ3v) is 14.4. The number of esters is 2. The standard InChI is InChI=1S/C26H40Br2O4.C20H34O2.C3H4Br2O.12CH4/c1-7-22(23-11-9-8-10-12-23)16-26(6,13-14-31-24(29)20(4)27)15-18(2)19(3)17-32-25(30)21(5)28;1-5-18(19-9-7-6-8-10-19)14-20(4,11-12-21)13-16(2)17(3)15-22;1-2(4)3(5)6;;;;;;;;;;;;/h8-12,18-22H,7,13-17H2,1-6H3;6-10,16-18,21-22H,5,11-15H2,1-4H3;2H,1H3;12*1H4. The minimum Gasteiger partial charge on any atom is -0.465 e. The zero-order valence-corrected chi connectivity index (χ0v) is 44.7. The van der Waals surface area contributed by atoms with Crippen LogP contribution in [0, 0.1) is 34.5 Å². The van der Waals surface area contributed by atoms with Gasteiger partial charge in [0.05, 0.1) is 18.0 Å². The molecule has 0 fully saturated rings.